The maximum Gasteiger partial charge on any atom is 0.258 e. The average molecular weight is 289 g/mol. The average Bonchev–Trinajstić information content (AvgIpc) is 2.41. The fourth-order valence-corrected chi connectivity index (χ4v) is 3.03. The van der Waals surface area contributed by atoms with Crippen LogP contribution < -0.4 is 10.1 Å². The number of hydrogen-bond acceptors (Lipinski definition) is 2. The summed E-state index contributed by atoms with van der Waals surface area (Å²) in [5, 5.41) is 3.13. The third kappa shape index (κ3) is 5.07. The van der Waals surface area contributed by atoms with Gasteiger partial charge in [0.05, 0.1) is 0 Å². The van der Waals surface area contributed by atoms with Gasteiger partial charge in [-0.1, -0.05) is 50.3 Å². The molecule has 1 aliphatic rings. The van der Waals surface area contributed by atoms with Crippen LogP contribution in [0.3, 0.4) is 0 Å². The second-order valence-corrected chi connectivity index (χ2v) is 6.12. The summed E-state index contributed by atoms with van der Waals surface area (Å²) in [7, 11) is 0. The highest BCUT2D eigenvalue weighted by Gasteiger charge is 2.14. The largest absolute Gasteiger partial charge is 0.483 e. The predicted octanol–water partition coefficient (Wildman–Crippen LogP) is 3.91. The summed E-state index contributed by atoms with van der Waals surface area (Å²) in [4.78, 5) is 12.1. The molecule has 0 unspecified atom stereocenters. The van der Waals surface area contributed by atoms with Crippen molar-refractivity contribution in [3.8, 4) is 5.75 Å². The van der Waals surface area contributed by atoms with Crippen LogP contribution in [0.4, 0.5) is 0 Å². The van der Waals surface area contributed by atoms with Gasteiger partial charge in [0.25, 0.3) is 5.91 Å². The number of amides is 1. The molecule has 3 heteroatoms. The molecule has 0 atom stereocenters. The number of ether oxygens (including phenoxy) is 1. The van der Waals surface area contributed by atoms with Gasteiger partial charge >= 0.3 is 0 Å². The zero-order valence-corrected chi connectivity index (χ0v) is 13.3. The van der Waals surface area contributed by atoms with Crippen LogP contribution in [0.15, 0.2) is 18.2 Å². The van der Waals surface area contributed by atoms with Crippen molar-refractivity contribution < 1.29 is 9.53 Å². The number of nitrogens with one attached hydrogen (secondary N) is 1. The van der Waals surface area contributed by atoms with E-state index in [1.807, 2.05) is 32.0 Å². The minimum absolute atomic E-state index is 0.00299. The first-order chi connectivity index (χ1) is 10.2. The first-order valence-corrected chi connectivity index (χ1v) is 8.15. The number of carbonyl (C=O) groups is 1. The van der Waals surface area contributed by atoms with Crippen molar-refractivity contribution in [3.63, 3.8) is 0 Å². The SMILES string of the molecule is Cc1cccc(C)c1OCC(=O)NC1CCCCCCC1. The van der Waals surface area contributed by atoms with Crippen LogP contribution in [0, 0.1) is 13.8 Å². The highest BCUT2D eigenvalue weighted by molar-refractivity contribution is 5.77. The summed E-state index contributed by atoms with van der Waals surface area (Å²) >= 11 is 0. The Bertz CT molecular complexity index is 442. The van der Waals surface area contributed by atoms with Crippen LogP contribution in [0.1, 0.15) is 56.1 Å². The quantitative estimate of drug-likeness (QED) is 0.912. The molecular formula is C18H27NO2. The van der Waals surface area contributed by atoms with Crippen molar-refractivity contribution in [2.45, 2.75) is 64.8 Å². The third-order valence-electron chi connectivity index (χ3n) is 4.23. The molecule has 1 fully saturated rings. The minimum Gasteiger partial charge on any atom is -0.483 e. The summed E-state index contributed by atoms with van der Waals surface area (Å²) in [5.74, 6) is 0.841. The van der Waals surface area contributed by atoms with Crippen LogP contribution in [-0.2, 0) is 4.79 Å². The Labute approximate surface area is 128 Å². The van der Waals surface area contributed by atoms with Gasteiger partial charge in [-0.05, 0) is 37.8 Å². The lowest BCUT2D eigenvalue weighted by Gasteiger charge is -2.21. The summed E-state index contributed by atoms with van der Waals surface area (Å²) in [5.41, 5.74) is 2.16. The molecule has 1 aromatic carbocycles. The first-order valence-electron chi connectivity index (χ1n) is 8.15. The van der Waals surface area contributed by atoms with E-state index in [2.05, 4.69) is 5.32 Å². The van der Waals surface area contributed by atoms with Crippen molar-refractivity contribution >= 4 is 5.91 Å². The smallest absolute Gasteiger partial charge is 0.258 e. The van der Waals surface area contributed by atoms with Crippen LogP contribution in [0.25, 0.3) is 0 Å². The molecule has 3 nitrogen and oxygen atoms in total. The van der Waals surface area contributed by atoms with E-state index in [1.165, 1.54) is 32.1 Å². The lowest BCUT2D eigenvalue weighted by atomic mass is 9.97. The zero-order chi connectivity index (χ0) is 15.1. The molecule has 0 bridgehead atoms. The van der Waals surface area contributed by atoms with Crippen molar-refractivity contribution in [1.82, 2.24) is 5.32 Å². The van der Waals surface area contributed by atoms with Crippen molar-refractivity contribution in [2.75, 3.05) is 6.61 Å². The maximum atomic E-state index is 12.1. The van der Waals surface area contributed by atoms with Crippen LogP contribution >= 0.6 is 0 Å². The number of para-hydroxylation sites is 1. The number of benzene rings is 1. The molecule has 2 rings (SSSR count). The molecule has 0 heterocycles. The Morgan fingerprint density at radius 2 is 1.67 bits per heavy atom. The molecule has 0 radical (unpaired) electrons. The molecule has 0 spiro atoms. The van der Waals surface area contributed by atoms with E-state index in [4.69, 9.17) is 4.74 Å². The number of hydrogen-bond donors (Lipinski definition) is 1. The Hall–Kier alpha value is -1.51. The van der Waals surface area contributed by atoms with Crippen LogP contribution in [0.2, 0.25) is 0 Å². The van der Waals surface area contributed by atoms with E-state index in [-0.39, 0.29) is 12.5 Å². The van der Waals surface area contributed by atoms with Gasteiger partial charge in [-0.2, -0.15) is 0 Å². The molecule has 1 aromatic rings. The molecule has 1 N–H and O–H groups in total. The standard InChI is InChI=1S/C18H27NO2/c1-14-9-8-10-15(2)18(14)21-13-17(20)19-16-11-6-4-3-5-7-12-16/h8-10,16H,3-7,11-13H2,1-2H3,(H,19,20). The van der Waals surface area contributed by atoms with E-state index in [0.29, 0.717) is 6.04 Å². The molecular weight excluding hydrogens is 262 g/mol. The van der Waals surface area contributed by atoms with Crippen molar-refractivity contribution in [3.05, 3.63) is 29.3 Å². The van der Waals surface area contributed by atoms with Gasteiger partial charge in [0.2, 0.25) is 0 Å². The Morgan fingerprint density at radius 1 is 1.10 bits per heavy atom. The fraction of sp³-hybridized carbons (Fsp3) is 0.611. The first kappa shape index (κ1) is 15.9. The number of carbonyl (C=O) groups excluding carboxylic acids is 1. The molecule has 0 aliphatic heterocycles. The molecule has 116 valence electrons. The molecule has 1 aliphatic carbocycles. The van der Waals surface area contributed by atoms with Gasteiger partial charge in [0, 0.05) is 6.04 Å². The van der Waals surface area contributed by atoms with Gasteiger partial charge in [-0.25, -0.2) is 0 Å². The molecule has 0 aromatic heterocycles. The number of rotatable bonds is 4. The monoisotopic (exact) mass is 289 g/mol. The van der Waals surface area contributed by atoms with Crippen molar-refractivity contribution in [1.29, 1.82) is 0 Å². The summed E-state index contributed by atoms with van der Waals surface area (Å²) in [6.07, 6.45) is 8.60. The summed E-state index contributed by atoms with van der Waals surface area (Å²) in [6, 6.07) is 6.36. The molecule has 1 amide bonds. The predicted molar refractivity (Wildman–Crippen MR) is 85.7 cm³/mol. The minimum atomic E-state index is 0.00299. The normalized spacial score (nSPS) is 16.9. The lowest BCUT2D eigenvalue weighted by molar-refractivity contribution is -0.123. The van der Waals surface area contributed by atoms with Crippen LogP contribution in [0.5, 0.6) is 5.75 Å². The second kappa shape index (κ2) is 8.06. The molecule has 0 saturated heterocycles. The number of aryl methyl sites for hydroxylation is 2. The van der Waals surface area contributed by atoms with Gasteiger partial charge in [0.1, 0.15) is 5.75 Å². The van der Waals surface area contributed by atoms with Gasteiger partial charge in [-0.3, -0.25) is 4.79 Å². The topological polar surface area (TPSA) is 38.3 Å². The van der Waals surface area contributed by atoms with Gasteiger partial charge in [0.15, 0.2) is 6.61 Å². The van der Waals surface area contributed by atoms with E-state index < -0.39 is 0 Å². The van der Waals surface area contributed by atoms with Gasteiger partial charge in [-0.15, -0.1) is 0 Å². The highest BCUT2D eigenvalue weighted by Crippen LogP contribution is 2.22. The van der Waals surface area contributed by atoms with E-state index in [0.717, 1.165) is 29.7 Å². The van der Waals surface area contributed by atoms with E-state index >= 15 is 0 Å². The second-order valence-electron chi connectivity index (χ2n) is 6.12. The maximum absolute atomic E-state index is 12.1. The zero-order valence-electron chi connectivity index (χ0n) is 13.3. The van der Waals surface area contributed by atoms with E-state index in [1.54, 1.807) is 0 Å². The Morgan fingerprint density at radius 3 is 2.29 bits per heavy atom. The fourth-order valence-electron chi connectivity index (χ4n) is 3.03. The molecule has 1 saturated carbocycles. The Balaban J connectivity index is 1.81. The third-order valence-corrected chi connectivity index (χ3v) is 4.23. The summed E-state index contributed by atoms with van der Waals surface area (Å²) in [6.45, 7) is 4.13. The van der Waals surface area contributed by atoms with E-state index in [9.17, 15) is 4.79 Å². The lowest BCUT2D eigenvalue weighted by Crippen LogP contribution is -2.38. The summed E-state index contributed by atoms with van der Waals surface area (Å²) < 4.78 is 5.71. The van der Waals surface area contributed by atoms with Crippen molar-refractivity contribution in [2.24, 2.45) is 0 Å². The Kier molecular flexibility index (Phi) is 6.09. The van der Waals surface area contributed by atoms with Crippen LogP contribution in [-0.4, -0.2) is 18.6 Å². The van der Waals surface area contributed by atoms with Gasteiger partial charge < -0.3 is 10.1 Å². The highest BCUT2D eigenvalue weighted by atomic mass is 16.5. The molecule has 21 heavy (non-hydrogen) atoms.